The van der Waals surface area contributed by atoms with Crippen LogP contribution in [-0.2, 0) is 0 Å². The molecule has 0 atom stereocenters. The molecule has 4 aromatic carbocycles. The van der Waals surface area contributed by atoms with Crippen LogP contribution in [-0.4, -0.2) is 4.57 Å². The van der Waals surface area contributed by atoms with E-state index in [2.05, 4.69) is 53.1 Å². The summed E-state index contributed by atoms with van der Waals surface area (Å²) in [5.74, 6) is 0. The van der Waals surface area contributed by atoms with E-state index in [1.54, 1.807) is 0 Å². The molecule has 0 amide bonds. The molecule has 0 aliphatic heterocycles. The molecule has 128 valence electrons. The Morgan fingerprint density at radius 1 is 0.667 bits per heavy atom. The number of furan rings is 1. The molecule has 0 saturated heterocycles. The van der Waals surface area contributed by atoms with Gasteiger partial charge in [0.2, 0.25) is 0 Å². The van der Waals surface area contributed by atoms with Gasteiger partial charge in [0.15, 0.2) is 5.58 Å². The zero-order valence-electron chi connectivity index (χ0n) is 14.3. The average molecular weight is 368 g/mol. The maximum Gasteiger partial charge on any atom is 0.160 e. The highest BCUT2D eigenvalue weighted by Crippen LogP contribution is 2.40. The second-order valence-electron chi connectivity index (χ2n) is 6.77. The Labute approximate surface area is 160 Å². The quantitative estimate of drug-likeness (QED) is 0.297. The first-order valence-corrected chi connectivity index (χ1v) is 9.28. The van der Waals surface area contributed by atoms with Gasteiger partial charge in [-0.3, -0.25) is 0 Å². The van der Waals surface area contributed by atoms with Crippen molar-refractivity contribution >= 4 is 55.3 Å². The van der Waals surface area contributed by atoms with E-state index in [1.807, 2.05) is 36.4 Å². The van der Waals surface area contributed by atoms with Crippen molar-refractivity contribution in [1.82, 2.24) is 4.57 Å². The van der Waals surface area contributed by atoms with Crippen molar-refractivity contribution in [1.29, 1.82) is 0 Å². The summed E-state index contributed by atoms with van der Waals surface area (Å²) >= 11 is 6.32. The Kier molecular flexibility index (Phi) is 2.97. The lowest BCUT2D eigenvalue weighted by molar-refractivity contribution is 0.671. The number of benzene rings is 4. The van der Waals surface area contributed by atoms with Crippen LogP contribution in [0.4, 0.5) is 0 Å². The highest BCUT2D eigenvalue weighted by atomic mass is 35.5. The first kappa shape index (κ1) is 14.9. The van der Waals surface area contributed by atoms with Crippen molar-refractivity contribution in [3.05, 3.63) is 90.0 Å². The predicted molar refractivity (Wildman–Crippen MR) is 113 cm³/mol. The van der Waals surface area contributed by atoms with E-state index in [-0.39, 0.29) is 0 Å². The van der Waals surface area contributed by atoms with E-state index in [9.17, 15) is 0 Å². The van der Waals surface area contributed by atoms with E-state index in [0.717, 1.165) is 54.5 Å². The first-order valence-electron chi connectivity index (χ1n) is 8.90. The van der Waals surface area contributed by atoms with Gasteiger partial charge in [-0.2, -0.15) is 0 Å². The Morgan fingerprint density at radius 3 is 2.33 bits per heavy atom. The molecule has 0 unspecified atom stereocenters. The summed E-state index contributed by atoms with van der Waals surface area (Å²) in [5.41, 5.74) is 5.11. The summed E-state index contributed by atoms with van der Waals surface area (Å²) in [6.07, 6.45) is 0. The third-order valence-corrected chi connectivity index (χ3v) is 5.48. The summed E-state index contributed by atoms with van der Waals surface area (Å²) in [5, 5.41) is 5.27. The van der Waals surface area contributed by atoms with Crippen molar-refractivity contribution < 1.29 is 4.42 Å². The molecule has 2 aromatic heterocycles. The van der Waals surface area contributed by atoms with Gasteiger partial charge in [-0.15, -0.1) is 0 Å². The summed E-state index contributed by atoms with van der Waals surface area (Å²) in [6, 6.07) is 29.0. The number of aromatic nitrogens is 1. The van der Waals surface area contributed by atoms with E-state index in [1.165, 1.54) is 0 Å². The Morgan fingerprint density at radius 2 is 1.44 bits per heavy atom. The van der Waals surface area contributed by atoms with Gasteiger partial charge in [0, 0.05) is 32.3 Å². The van der Waals surface area contributed by atoms with Crippen LogP contribution in [0.1, 0.15) is 0 Å². The lowest BCUT2D eigenvalue weighted by atomic mass is 10.1. The van der Waals surface area contributed by atoms with Gasteiger partial charge in [-0.1, -0.05) is 54.1 Å². The lowest BCUT2D eigenvalue weighted by Gasteiger charge is -2.07. The van der Waals surface area contributed by atoms with Crippen LogP contribution in [0, 0.1) is 0 Å². The third kappa shape index (κ3) is 2.02. The molecule has 2 nitrogen and oxygen atoms in total. The highest BCUT2D eigenvalue weighted by Gasteiger charge is 2.18. The monoisotopic (exact) mass is 367 g/mol. The minimum absolute atomic E-state index is 0.735. The molecular weight excluding hydrogens is 354 g/mol. The van der Waals surface area contributed by atoms with Crippen LogP contribution >= 0.6 is 11.6 Å². The summed E-state index contributed by atoms with van der Waals surface area (Å²) in [7, 11) is 0. The fourth-order valence-electron chi connectivity index (χ4n) is 4.10. The number of hydrogen-bond acceptors (Lipinski definition) is 1. The van der Waals surface area contributed by atoms with Crippen LogP contribution in [0.5, 0.6) is 0 Å². The number of nitrogens with zero attached hydrogens (tertiary/aromatic N) is 1. The van der Waals surface area contributed by atoms with Gasteiger partial charge in [-0.05, 0) is 42.5 Å². The topological polar surface area (TPSA) is 18.1 Å². The summed E-state index contributed by atoms with van der Waals surface area (Å²) in [4.78, 5) is 0. The Balaban J connectivity index is 1.92. The zero-order chi connectivity index (χ0) is 18.0. The van der Waals surface area contributed by atoms with Gasteiger partial charge in [-0.25, -0.2) is 0 Å². The minimum Gasteiger partial charge on any atom is -0.454 e. The molecule has 0 bridgehead atoms. The second kappa shape index (κ2) is 5.38. The first-order chi connectivity index (χ1) is 13.3. The molecule has 27 heavy (non-hydrogen) atoms. The van der Waals surface area contributed by atoms with Gasteiger partial charge in [0.05, 0.1) is 11.0 Å². The SMILES string of the molecule is Clc1ccc2c(c1)c1ccc3c4ccccc4oc3c1n2-c1ccccc1. The third-order valence-electron chi connectivity index (χ3n) is 5.25. The number of hydrogen-bond donors (Lipinski definition) is 0. The molecule has 6 rings (SSSR count). The van der Waals surface area contributed by atoms with Crippen molar-refractivity contribution in [2.24, 2.45) is 0 Å². The maximum atomic E-state index is 6.33. The number of halogens is 1. The van der Waals surface area contributed by atoms with E-state index < -0.39 is 0 Å². The lowest BCUT2D eigenvalue weighted by Crippen LogP contribution is -1.93. The van der Waals surface area contributed by atoms with E-state index >= 15 is 0 Å². The molecule has 0 radical (unpaired) electrons. The van der Waals surface area contributed by atoms with Crippen molar-refractivity contribution in [3.8, 4) is 5.69 Å². The van der Waals surface area contributed by atoms with E-state index in [4.69, 9.17) is 16.0 Å². The highest BCUT2D eigenvalue weighted by molar-refractivity contribution is 6.32. The maximum absolute atomic E-state index is 6.33. The molecule has 2 heterocycles. The normalized spacial score (nSPS) is 11.9. The fraction of sp³-hybridized carbons (Fsp3) is 0. The van der Waals surface area contributed by atoms with E-state index in [0.29, 0.717) is 0 Å². The fourth-order valence-corrected chi connectivity index (χ4v) is 4.27. The van der Waals surface area contributed by atoms with Gasteiger partial charge < -0.3 is 8.98 Å². The largest absolute Gasteiger partial charge is 0.454 e. The smallest absolute Gasteiger partial charge is 0.160 e. The second-order valence-corrected chi connectivity index (χ2v) is 7.21. The number of rotatable bonds is 1. The molecule has 0 aliphatic rings. The molecule has 0 fully saturated rings. The van der Waals surface area contributed by atoms with Crippen molar-refractivity contribution in [2.75, 3.05) is 0 Å². The molecule has 0 spiro atoms. The zero-order valence-corrected chi connectivity index (χ0v) is 15.1. The number of fused-ring (bicyclic) bond motifs is 7. The van der Waals surface area contributed by atoms with Crippen LogP contribution in [0.25, 0.3) is 49.4 Å². The molecule has 6 aromatic rings. The van der Waals surface area contributed by atoms with Crippen LogP contribution in [0.15, 0.2) is 89.3 Å². The molecule has 0 aliphatic carbocycles. The number of para-hydroxylation sites is 2. The van der Waals surface area contributed by atoms with Gasteiger partial charge in [0.1, 0.15) is 5.58 Å². The van der Waals surface area contributed by atoms with Gasteiger partial charge >= 0.3 is 0 Å². The van der Waals surface area contributed by atoms with Crippen molar-refractivity contribution in [3.63, 3.8) is 0 Å². The molecule has 0 N–H and O–H groups in total. The van der Waals surface area contributed by atoms with Crippen molar-refractivity contribution in [2.45, 2.75) is 0 Å². The minimum atomic E-state index is 0.735. The molecule has 3 heteroatoms. The standard InChI is InChI=1S/C24H14ClNO/c25-15-10-13-21-20(14-15)18-11-12-19-17-8-4-5-9-22(17)27-24(19)23(18)26(21)16-6-2-1-3-7-16/h1-14H. The summed E-state index contributed by atoms with van der Waals surface area (Å²) < 4.78 is 8.60. The molecule has 0 saturated carbocycles. The Bertz CT molecular complexity index is 1470. The summed E-state index contributed by atoms with van der Waals surface area (Å²) in [6.45, 7) is 0. The molecular formula is C24H14ClNO. The Hall–Kier alpha value is -3.23. The average Bonchev–Trinajstić information content (AvgIpc) is 3.24. The van der Waals surface area contributed by atoms with Crippen LogP contribution in [0.2, 0.25) is 5.02 Å². The predicted octanol–water partition coefficient (Wildman–Crippen LogP) is 7.34. The van der Waals surface area contributed by atoms with Crippen LogP contribution < -0.4 is 0 Å². The van der Waals surface area contributed by atoms with Crippen LogP contribution in [0.3, 0.4) is 0 Å². The van der Waals surface area contributed by atoms with Gasteiger partial charge in [0.25, 0.3) is 0 Å².